The molecular formula is C12H20N4O3. The van der Waals surface area contributed by atoms with Gasteiger partial charge < -0.3 is 15.0 Å². The van der Waals surface area contributed by atoms with Gasteiger partial charge in [0.2, 0.25) is 0 Å². The molecule has 0 saturated heterocycles. The van der Waals surface area contributed by atoms with Crippen molar-refractivity contribution in [1.29, 1.82) is 0 Å². The Morgan fingerprint density at radius 2 is 2.26 bits per heavy atom. The van der Waals surface area contributed by atoms with Crippen LogP contribution in [0.4, 0.5) is 11.5 Å². The molecular weight excluding hydrogens is 248 g/mol. The predicted octanol–water partition coefficient (Wildman–Crippen LogP) is 1.29. The standard InChI is InChI=1S/C12H20N4O3/c1-10-8-11(16(17)18)9-14-12(10)13-4-5-15(2)6-7-19-3/h8-9H,4-7H2,1-3H3,(H,13,14). The van der Waals surface area contributed by atoms with Crippen molar-refractivity contribution in [3.05, 3.63) is 27.9 Å². The summed E-state index contributed by atoms with van der Waals surface area (Å²) in [6.45, 7) is 4.94. The molecule has 7 heteroatoms. The molecule has 0 saturated carbocycles. The third kappa shape index (κ3) is 5.19. The Balaban J connectivity index is 2.43. The maximum absolute atomic E-state index is 10.6. The van der Waals surface area contributed by atoms with Gasteiger partial charge in [0, 0.05) is 32.8 Å². The van der Waals surface area contributed by atoms with E-state index in [9.17, 15) is 10.1 Å². The van der Waals surface area contributed by atoms with Gasteiger partial charge in [0.15, 0.2) is 0 Å². The number of rotatable bonds is 8. The quantitative estimate of drug-likeness (QED) is 0.565. The van der Waals surface area contributed by atoms with Gasteiger partial charge in [0.25, 0.3) is 5.69 Å². The summed E-state index contributed by atoms with van der Waals surface area (Å²) >= 11 is 0. The van der Waals surface area contributed by atoms with Gasteiger partial charge in [-0.2, -0.15) is 0 Å². The number of aryl methyl sites for hydroxylation is 1. The second kappa shape index (κ2) is 7.65. The topological polar surface area (TPSA) is 80.5 Å². The first-order valence-electron chi connectivity index (χ1n) is 6.07. The van der Waals surface area contributed by atoms with Crippen LogP contribution in [0.25, 0.3) is 0 Å². The molecule has 0 aliphatic heterocycles. The zero-order valence-electron chi connectivity index (χ0n) is 11.5. The van der Waals surface area contributed by atoms with Crippen molar-refractivity contribution in [2.45, 2.75) is 6.92 Å². The summed E-state index contributed by atoms with van der Waals surface area (Å²) < 4.78 is 4.99. The van der Waals surface area contributed by atoms with Crippen molar-refractivity contribution in [2.24, 2.45) is 0 Å². The molecule has 0 unspecified atom stereocenters. The van der Waals surface area contributed by atoms with E-state index >= 15 is 0 Å². The zero-order valence-corrected chi connectivity index (χ0v) is 11.5. The molecule has 0 aliphatic carbocycles. The van der Waals surface area contributed by atoms with Crippen LogP contribution in [0.3, 0.4) is 0 Å². The number of hydrogen-bond acceptors (Lipinski definition) is 6. The average molecular weight is 268 g/mol. The highest BCUT2D eigenvalue weighted by atomic mass is 16.6. The van der Waals surface area contributed by atoms with Crippen LogP contribution >= 0.6 is 0 Å². The molecule has 19 heavy (non-hydrogen) atoms. The van der Waals surface area contributed by atoms with E-state index in [0.29, 0.717) is 12.4 Å². The Hall–Kier alpha value is -1.73. The van der Waals surface area contributed by atoms with Crippen LogP contribution in [0.5, 0.6) is 0 Å². The van der Waals surface area contributed by atoms with Gasteiger partial charge in [-0.1, -0.05) is 0 Å². The third-order valence-corrected chi connectivity index (χ3v) is 2.74. The minimum absolute atomic E-state index is 0.0141. The minimum atomic E-state index is -0.442. The summed E-state index contributed by atoms with van der Waals surface area (Å²) in [5.74, 6) is 0.686. The van der Waals surface area contributed by atoms with Crippen molar-refractivity contribution in [3.8, 4) is 0 Å². The molecule has 0 bridgehead atoms. The molecule has 0 amide bonds. The van der Waals surface area contributed by atoms with Gasteiger partial charge in [-0.15, -0.1) is 0 Å². The highest BCUT2D eigenvalue weighted by molar-refractivity contribution is 5.48. The third-order valence-electron chi connectivity index (χ3n) is 2.74. The molecule has 1 heterocycles. The van der Waals surface area contributed by atoms with Gasteiger partial charge in [0.05, 0.1) is 11.5 Å². The number of nitrogens with one attached hydrogen (secondary N) is 1. The summed E-state index contributed by atoms with van der Waals surface area (Å²) in [5, 5.41) is 13.8. The number of ether oxygens (including phenoxy) is 1. The fourth-order valence-corrected chi connectivity index (χ4v) is 1.57. The number of anilines is 1. The lowest BCUT2D eigenvalue weighted by molar-refractivity contribution is -0.385. The van der Waals surface area contributed by atoms with Gasteiger partial charge in [-0.3, -0.25) is 10.1 Å². The smallest absolute Gasteiger partial charge is 0.287 e. The van der Waals surface area contributed by atoms with Crippen LogP contribution in [0, 0.1) is 17.0 Å². The molecule has 0 atom stereocenters. The van der Waals surface area contributed by atoms with Crippen molar-refractivity contribution in [1.82, 2.24) is 9.88 Å². The molecule has 0 aliphatic rings. The molecule has 1 aromatic rings. The second-order valence-electron chi connectivity index (χ2n) is 4.34. The largest absolute Gasteiger partial charge is 0.383 e. The van der Waals surface area contributed by atoms with E-state index in [4.69, 9.17) is 4.74 Å². The molecule has 1 aromatic heterocycles. The Kier molecular flexibility index (Phi) is 6.17. The summed E-state index contributed by atoms with van der Waals surface area (Å²) in [6.07, 6.45) is 1.27. The summed E-state index contributed by atoms with van der Waals surface area (Å²) in [7, 11) is 3.69. The monoisotopic (exact) mass is 268 g/mol. The zero-order chi connectivity index (χ0) is 14.3. The lowest BCUT2D eigenvalue weighted by Crippen LogP contribution is -2.28. The predicted molar refractivity (Wildman–Crippen MR) is 73.5 cm³/mol. The van der Waals surface area contributed by atoms with Crippen LogP contribution in [-0.2, 0) is 4.74 Å². The molecule has 1 rings (SSSR count). The van der Waals surface area contributed by atoms with E-state index in [1.54, 1.807) is 14.0 Å². The first kappa shape index (κ1) is 15.3. The van der Waals surface area contributed by atoms with E-state index < -0.39 is 4.92 Å². The summed E-state index contributed by atoms with van der Waals surface area (Å²) in [6, 6.07) is 1.52. The minimum Gasteiger partial charge on any atom is -0.383 e. The average Bonchev–Trinajstić information content (AvgIpc) is 2.38. The fraction of sp³-hybridized carbons (Fsp3) is 0.583. The van der Waals surface area contributed by atoms with Crippen LogP contribution in [-0.4, -0.2) is 55.2 Å². The van der Waals surface area contributed by atoms with Gasteiger partial charge in [0.1, 0.15) is 12.0 Å². The van der Waals surface area contributed by atoms with Crippen LogP contribution in [0.15, 0.2) is 12.3 Å². The van der Waals surface area contributed by atoms with Crippen molar-refractivity contribution >= 4 is 11.5 Å². The number of methoxy groups -OCH3 is 1. The summed E-state index contributed by atoms with van der Waals surface area (Å²) in [4.78, 5) is 16.4. The number of nitro groups is 1. The maximum atomic E-state index is 10.6. The van der Waals surface area contributed by atoms with E-state index in [0.717, 1.165) is 25.2 Å². The molecule has 0 radical (unpaired) electrons. The second-order valence-corrected chi connectivity index (χ2v) is 4.34. The number of aromatic nitrogens is 1. The van der Waals surface area contributed by atoms with Crippen LogP contribution in [0.2, 0.25) is 0 Å². The summed E-state index contributed by atoms with van der Waals surface area (Å²) in [5.41, 5.74) is 0.786. The lowest BCUT2D eigenvalue weighted by atomic mass is 10.2. The van der Waals surface area contributed by atoms with Crippen LogP contribution in [0.1, 0.15) is 5.56 Å². The Morgan fingerprint density at radius 1 is 1.53 bits per heavy atom. The van der Waals surface area contributed by atoms with Gasteiger partial charge in [-0.05, 0) is 19.5 Å². The van der Waals surface area contributed by atoms with Gasteiger partial charge in [-0.25, -0.2) is 4.98 Å². The number of hydrogen-bond donors (Lipinski definition) is 1. The molecule has 1 N–H and O–H groups in total. The van der Waals surface area contributed by atoms with Crippen molar-refractivity contribution in [2.75, 3.05) is 45.7 Å². The van der Waals surface area contributed by atoms with Crippen LogP contribution < -0.4 is 5.32 Å². The molecule has 0 aromatic carbocycles. The number of pyridine rings is 1. The molecule has 0 spiro atoms. The molecule has 0 fully saturated rings. The highest BCUT2D eigenvalue weighted by Gasteiger charge is 2.09. The molecule has 106 valence electrons. The van der Waals surface area contributed by atoms with E-state index in [1.165, 1.54) is 12.3 Å². The SMILES string of the molecule is COCCN(C)CCNc1ncc([N+](=O)[O-])cc1C. The van der Waals surface area contributed by atoms with E-state index in [1.807, 2.05) is 7.05 Å². The van der Waals surface area contributed by atoms with Crippen molar-refractivity contribution < 1.29 is 9.66 Å². The Labute approximate surface area is 112 Å². The Bertz CT molecular complexity index is 425. The Morgan fingerprint density at radius 3 is 2.84 bits per heavy atom. The van der Waals surface area contributed by atoms with E-state index in [2.05, 4.69) is 15.2 Å². The van der Waals surface area contributed by atoms with E-state index in [-0.39, 0.29) is 5.69 Å². The fourth-order valence-electron chi connectivity index (χ4n) is 1.57. The number of nitrogens with zero attached hydrogens (tertiary/aromatic N) is 3. The normalized spacial score (nSPS) is 10.7. The first-order valence-corrected chi connectivity index (χ1v) is 6.07. The lowest BCUT2D eigenvalue weighted by Gasteiger charge is -2.16. The molecule has 7 nitrogen and oxygen atoms in total. The van der Waals surface area contributed by atoms with Crippen molar-refractivity contribution in [3.63, 3.8) is 0 Å². The highest BCUT2D eigenvalue weighted by Crippen LogP contribution is 2.17. The maximum Gasteiger partial charge on any atom is 0.287 e. The van der Waals surface area contributed by atoms with Gasteiger partial charge >= 0.3 is 0 Å². The number of likely N-dealkylation sites (N-methyl/N-ethyl adjacent to an activating group) is 1. The first-order chi connectivity index (χ1) is 9.04.